The number of rotatable bonds is 14. The van der Waals surface area contributed by atoms with E-state index >= 15 is 0 Å². The van der Waals surface area contributed by atoms with Gasteiger partial charge >= 0.3 is 31.5 Å². The molecule has 0 saturated carbocycles. The van der Waals surface area contributed by atoms with Gasteiger partial charge in [-0.15, -0.1) is 0 Å². The molecule has 1 saturated heterocycles. The average Bonchev–Trinajstić information content (AvgIpc) is 3.03. The number of nitriles is 1. The molecule has 1 fully saturated rings. The van der Waals surface area contributed by atoms with Crippen molar-refractivity contribution >= 4 is 43.1 Å². The van der Waals surface area contributed by atoms with Crippen LogP contribution in [0.25, 0.3) is 0 Å². The third kappa shape index (κ3) is 10.6. The summed E-state index contributed by atoms with van der Waals surface area (Å²) >= 11 is 0. The van der Waals surface area contributed by atoms with Gasteiger partial charge in [-0.1, -0.05) is 12.1 Å². The molecule has 3 rings (SSSR count). The van der Waals surface area contributed by atoms with E-state index in [0.717, 1.165) is 27.9 Å². The number of benzene rings is 2. The normalized spacial score (nSPS) is 20.2. The molecule has 0 aliphatic carbocycles. The zero-order valence-corrected chi connectivity index (χ0v) is 28.6. The second-order valence-corrected chi connectivity index (χ2v) is 12.4. The first-order valence-electron chi connectivity index (χ1n) is 15.0. The summed E-state index contributed by atoms with van der Waals surface area (Å²) in [5.74, 6) is -4.17. The summed E-state index contributed by atoms with van der Waals surface area (Å²) in [6, 6.07) is 12.2. The Morgan fingerprint density at radius 1 is 0.857 bits per heavy atom. The minimum Gasteiger partial charge on any atom is -0.467 e. The Labute approximate surface area is 282 Å². The molecule has 1 aliphatic heterocycles. The number of nitrogens with zero attached hydrogens (tertiary/aromatic N) is 1. The largest absolute Gasteiger partial charge is 0.467 e. The summed E-state index contributed by atoms with van der Waals surface area (Å²) in [4.78, 5) is 61.7. The molecule has 1 N–H and O–H groups in total. The van der Waals surface area contributed by atoms with Gasteiger partial charge in [-0.2, -0.15) is 5.26 Å². The summed E-state index contributed by atoms with van der Waals surface area (Å²) in [6.07, 6.45) is -8.02. The van der Waals surface area contributed by atoms with E-state index in [1.807, 2.05) is 6.07 Å². The number of carbonyl (C=O) groups is 5. The standard InChI is InChI=1S/C32H37N2O14P/c1-7-42-49(40,43-8-2)17-21-9-11-22(12-10-21)30(38)34-25-14-13-24(15-23(25)16-33)47-32-29(46-20(5)37)27(45-19(4)36)26(44-18(3)35)28(48-32)31(39)41-6/h9-15,26-29,32H,7-8,17H2,1-6H3,(H,34,38)/t26-,27-,28-,29+,32+/m0/s1. The van der Waals surface area contributed by atoms with Crippen LogP contribution >= 0.6 is 7.60 Å². The first-order valence-corrected chi connectivity index (χ1v) is 16.7. The van der Waals surface area contributed by atoms with Gasteiger partial charge in [-0.25, -0.2) is 4.79 Å². The lowest BCUT2D eigenvalue weighted by Gasteiger charge is -2.43. The Kier molecular flexibility index (Phi) is 13.8. The lowest BCUT2D eigenvalue weighted by atomic mass is 9.97. The van der Waals surface area contributed by atoms with Crippen LogP contribution in [-0.2, 0) is 62.6 Å². The van der Waals surface area contributed by atoms with Crippen molar-refractivity contribution < 1.29 is 66.0 Å². The van der Waals surface area contributed by atoms with E-state index in [9.17, 15) is 33.8 Å². The number of methoxy groups -OCH3 is 1. The molecular formula is C32H37N2O14P. The molecule has 0 spiro atoms. The number of hydrogen-bond donors (Lipinski definition) is 1. The quantitative estimate of drug-likeness (QED) is 0.169. The van der Waals surface area contributed by atoms with E-state index in [0.29, 0.717) is 5.56 Å². The van der Waals surface area contributed by atoms with Crippen molar-refractivity contribution in [3.63, 3.8) is 0 Å². The van der Waals surface area contributed by atoms with Crippen molar-refractivity contribution in [1.29, 1.82) is 5.26 Å². The molecule has 0 radical (unpaired) electrons. The van der Waals surface area contributed by atoms with Crippen molar-refractivity contribution in [2.75, 3.05) is 25.6 Å². The first-order chi connectivity index (χ1) is 23.2. The summed E-state index contributed by atoms with van der Waals surface area (Å²) in [5.41, 5.74) is 0.934. The van der Waals surface area contributed by atoms with Gasteiger partial charge in [0.2, 0.25) is 12.4 Å². The Morgan fingerprint density at radius 3 is 1.96 bits per heavy atom. The fourth-order valence-corrected chi connectivity index (χ4v) is 6.51. The van der Waals surface area contributed by atoms with E-state index in [1.165, 1.54) is 30.3 Å². The second kappa shape index (κ2) is 17.5. The molecule has 17 heteroatoms. The minimum atomic E-state index is -3.35. The smallest absolute Gasteiger partial charge is 0.339 e. The van der Waals surface area contributed by atoms with Crippen molar-refractivity contribution in [3.8, 4) is 11.8 Å². The Bertz CT molecular complexity index is 1610. The number of nitrogens with one attached hydrogen (secondary N) is 1. The van der Waals surface area contributed by atoms with Crippen LogP contribution in [0.4, 0.5) is 5.69 Å². The number of hydrogen-bond acceptors (Lipinski definition) is 15. The summed E-state index contributed by atoms with van der Waals surface area (Å²) in [7, 11) is -2.30. The number of carbonyl (C=O) groups excluding carboxylic acids is 5. The summed E-state index contributed by atoms with van der Waals surface area (Å²) < 4.78 is 55.8. The molecule has 16 nitrogen and oxygen atoms in total. The third-order valence-corrected chi connectivity index (χ3v) is 8.75. The van der Waals surface area contributed by atoms with Crippen LogP contribution in [0.2, 0.25) is 0 Å². The minimum absolute atomic E-state index is 0.0199. The fraction of sp³-hybridized carbons (Fsp3) is 0.438. The molecule has 1 aliphatic rings. The van der Waals surface area contributed by atoms with Crippen LogP contribution < -0.4 is 10.1 Å². The number of esters is 4. The van der Waals surface area contributed by atoms with E-state index in [-0.39, 0.29) is 41.9 Å². The second-order valence-electron chi connectivity index (χ2n) is 10.4. The topological polar surface area (TPSA) is 212 Å². The highest BCUT2D eigenvalue weighted by atomic mass is 31.2. The third-order valence-electron chi connectivity index (χ3n) is 6.69. The van der Waals surface area contributed by atoms with Crippen molar-refractivity contribution in [1.82, 2.24) is 0 Å². The van der Waals surface area contributed by atoms with Crippen LogP contribution in [0.15, 0.2) is 42.5 Å². The molecule has 1 heterocycles. The van der Waals surface area contributed by atoms with Gasteiger partial charge < -0.3 is 42.8 Å². The summed E-state index contributed by atoms with van der Waals surface area (Å²) in [6.45, 7) is 7.01. The first kappa shape index (κ1) is 38.6. The van der Waals surface area contributed by atoms with E-state index in [1.54, 1.807) is 26.0 Å². The molecular weight excluding hydrogens is 667 g/mol. The van der Waals surface area contributed by atoms with Gasteiger partial charge in [-0.3, -0.25) is 23.7 Å². The van der Waals surface area contributed by atoms with Gasteiger partial charge in [0.15, 0.2) is 18.3 Å². The average molecular weight is 705 g/mol. The highest BCUT2D eigenvalue weighted by Crippen LogP contribution is 2.51. The number of amides is 1. The molecule has 0 aromatic heterocycles. The number of anilines is 1. The highest BCUT2D eigenvalue weighted by molar-refractivity contribution is 7.53. The molecule has 2 aromatic carbocycles. The van der Waals surface area contributed by atoms with Crippen molar-refractivity contribution in [2.45, 2.75) is 71.5 Å². The van der Waals surface area contributed by atoms with Crippen LogP contribution in [0, 0.1) is 11.3 Å². The van der Waals surface area contributed by atoms with Crippen LogP contribution in [-0.4, -0.2) is 80.8 Å². The highest BCUT2D eigenvalue weighted by Gasteiger charge is 2.55. The fourth-order valence-electron chi connectivity index (χ4n) is 4.81. The van der Waals surface area contributed by atoms with Gasteiger partial charge in [0.05, 0.1) is 37.7 Å². The van der Waals surface area contributed by atoms with Gasteiger partial charge in [0.25, 0.3) is 5.91 Å². The number of ether oxygens (including phenoxy) is 6. The van der Waals surface area contributed by atoms with Gasteiger partial charge in [-0.05, 0) is 43.7 Å². The molecule has 2 aromatic rings. The van der Waals surface area contributed by atoms with E-state index in [2.05, 4.69) is 5.32 Å². The van der Waals surface area contributed by atoms with Crippen molar-refractivity contribution in [3.05, 3.63) is 59.2 Å². The molecule has 49 heavy (non-hydrogen) atoms. The van der Waals surface area contributed by atoms with E-state index < -0.39 is 68.1 Å². The monoisotopic (exact) mass is 704 g/mol. The van der Waals surface area contributed by atoms with Crippen LogP contribution in [0.5, 0.6) is 5.75 Å². The predicted octanol–water partition coefficient (Wildman–Crippen LogP) is 3.65. The maximum absolute atomic E-state index is 13.0. The van der Waals surface area contributed by atoms with Gasteiger partial charge in [0.1, 0.15) is 11.8 Å². The Hall–Kier alpha value is -4.81. The van der Waals surface area contributed by atoms with Crippen LogP contribution in [0.3, 0.4) is 0 Å². The zero-order chi connectivity index (χ0) is 36.3. The molecule has 0 bridgehead atoms. The van der Waals surface area contributed by atoms with E-state index in [4.69, 9.17) is 37.5 Å². The molecule has 1 amide bonds. The molecule has 264 valence electrons. The predicted molar refractivity (Wildman–Crippen MR) is 168 cm³/mol. The SMILES string of the molecule is CCOP(=O)(Cc1ccc(C(=O)Nc2ccc(O[C@@H]3O[C@H](C(=O)OC)[C@@H](OC(C)=O)[C@H](OC(C)=O)[C@H]3OC(C)=O)cc2C#N)cc1)OCC. The van der Waals surface area contributed by atoms with Crippen LogP contribution in [0.1, 0.15) is 56.1 Å². The lowest BCUT2D eigenvalue weighted by molar-refractivity contribution is -0.282. The molecule has 0 unspecified atom stereocenters. The maximum Gasteiger partial charge on any atom is 0.339 e. The lowest BCUT2D eigenvalue weighted by Crippen LogP contribution is -2.64. The van der Waals surface area contributed by atoms with Gasteiger partial charge in [0, 0.05) is 32.4 Å². The Morgan fingerprint density at radius 2 is 1.43 bits per heavy atom. The molecule has 5 atom stereocenters. The Balaban J connectivity index is 1.86. The zero-order valence-electron chi connectivity index (χ0n) is 27.7. The summed E-state index contributed by atoms with van der Waals surface area (Å²) in [5, 5.41) is 12.5. The maximum atomic E-state index is 13.0. The van der Waals surface area contributed by atoms with Crippen molar-refractivity contribution in [2.24, 2.45) is 0 Å².